The number of hydrogen-bond donors (Lipinski definition) is 1. The zero-order valence-electron chi connectivity index (χ0n) is 17.6. The molecular formula is C22H35ClN4O. The molecule has 0 spiro atoms. The fraction of sp³-hybridized carbons (Fsp3) is 0.545. The normalized spacial score (nSPS) is 10.8. The first kappa shape index (κ1) is 24.2. The average Bonchev–Trinajstić information content (AvgIpc) is 2.90. The van der Waals surface area contributed by atoms with Gasteiger partial charge in [-0.15, -0.1) is 12.4 Å². The molecule has 1 heterocycles. The van der Waals surface area contributed by atoms with Crippen molar-refractivity contribution in [2.24, 2.45) is 11.7 Å². The molecule has 0 fully saturated rings. The zero-order chi connectivity index (χ0) is 19.8. The Labute approximate surface area is 175 Å². The van der Waals surface area contributed by atoms with Gasteiger partial charge in [0.05, 0.1) is 5.69 Å². The summed E-state index contributed by atoms with van der Waals surface area (Å²) in [4.78, 5) is 14.7. The van der Waals surface area contributed by atoms with E-state index in [0.717, 1.165) is 25.1 Å². The fourth-order valence-electron chi connectivity index (χ4n) is 3.44. The molecule has 2 rings (SSSR count). The minimum atomic E-state index is 0. The van der Waals surface area contributed by atoms with E-state index in [9.17, 15) is 4.79 Å². The third-order valence-electron chi connectivity index (χ3n) is 4.92. The van der Waals surface area contributed by atoms with Crippen LogP contribution in [0.15, 0.2) is 30.3 Å². The molecule has 0 radical (unpaired) electrons. The first-order valence-electron chi connectivity index (χ1n) is 9.97. The van der Waals surface area contributed by atoms with Crippen molar-refractivity contribution in [2.75, 3.05) is 19.6 Å². The van der Waals surface area contributed by atoms with Gasteiger partial charge >= 0.3 is 0 Å². The fourth-order valence-corrected chi connectivity index (χ4v) is 3.44. The van der Waals surface area contributed by atoms with Crippen molar-refractivity contribution in [3.8, 4) is 0 Å². The van der Waals surface area contributed by atoms with Crippen molar-refractivity contribution in [3.63, 3.8) is 0 Å². The van der Waals surface area contributed by atoms with Gasteiger partial charge in [-0.2, -0.15) is 5.10 Å². The minimum absolute atomic E-state index is 0. The number of carbonyl (C=O) groups excluding carboxylic acids is 1. The van der Waals surface area contributed by atoms with Crippen LogP contribution in [0.4, 0.5) is 0 Å². The van der Waals surface area contributed by atoms with Crippen LogP contribution in [0.5, 0.6) is 0 Å². The van der Waals surface area contributed by atoms with Crippen LogP contribution in [0.1, 0.15) is 42.8 Å². The zero-order valence-corrected chi connectivity index (χ0v) is 18.5. The minimum Gasteiger partial charge on any atom is -0.341 e. The first-order valence-corrected chi connectivity index (χ1v) is 9.97. The Hall–Kier alpha value is -1.85. The predicted octanol–water partition coefficient (Wildman–Crippen LogP) is 3.54. The van der Waals surface area contributed by atoms with E-state index < -0.39 is 0 Å². The number of amides is 1. The lowest BCUT2D eigenvalue weighted by molar-refractivity contribution is -0.131. The first-order chi connectivity index (χ1) is 12.9. The molecule has 5 nitrogen and oxygen atoms in total. The Kier molecular flexibility index (Phi) is 10.3. The van der Waals surface area contributed by atoms with Crippen LogP contribution in [0.2, 0.25) is 0 Å². The van der Waals surface area contributed by atoms with E-state index in [1.807, 2.05) is 30.0 Å². The molecule has 0 aliphatic carbocycles. The van der Waals surface area contributed by atoms with Gasteiger partial charge in [0.1, 0.15) is 0 Å². The van der Waals surface area contributed by atoms with Crippen molar-refractivity contribution in [2.45, 2.75) is 53.5 Å². The van der Waals surface area contributed by atoms with E-state index in [-0.39, 0.29) is 18.3 Å². The smallest absolute Gasteiger partial charge is 0.222 e. The molecule has 6 heteroatoms. The summed E-state index contributed by atoms with van der Waals surface area (Å²) in [6, 6.07) is 10.3. The topological polar surface area (TPSA) is 64.2 Å². The van der Waals surface area contributed by atoms with Gasteiger partial charge in [-0.1, -0.05) is 44.2 Å². The second-order valence-electron chi connectivity index (χ2n) is 7.63. The van der Waals surface area contributed by atoms with Crippen LogP contribution in [0.25, 0.3) is 0 Å². The van der Waals surface area contributed by atoms with Crippen LogP contribution >= 0.6 is 12.4 Å². The highest BCUT2D eigenvalue weighted by molar-refractivity contribution is 5.85. The molecule has 28 heavy (non-hydrogen) atoms. The van der Waals surface area contributed by atoms with Gasteiger partial charge in [0, 0.05) is 38.3 Å². The molecule has 1 aromatic carbocycles. The van der Waals surface area contributed by atoms with Gasteiger partial charge in [0.25, 0.3) is 0 Å². The number of hydrogen-bond acceptors (Lipinski definition) is 3. The van der Waals surface area contributed by atoms with E-state index >= 15 is 0 Å². The summed E-state index contributed by atoms with van der Waals surface area (Å²) in [6.07, 6.45) is 2.10. The number of aromatic nitrogens is 2. The summed E-state index contributed by atoms with van der Waals surface area (Å²) in [7, 11) is 0. The molecule has 0 saturated heterocycles. The van der Waals surface area contributed by atoms with E-state index in [1.54, 1.807) is 0 Å². The lowest BCUT2D eigenvalue weighted by Gasteiger charge is -2.22. The Morgan fingerprint density at radius 2 is 1.82 bits per heavy atom. The van der Waals surface area contributed by atoms with E-state index in [4.69, 9.17) is 5.73 Å². The Morgan fingerprint density at radius 3 is 2.43 bits per heavy atom. The number of rotatable bonds is 10. The third kappa shape index (κ3) is 6.95. The number of carbonyl (C=O) groups is 1. The molecule has 1 aromatic heterocycles. The van der Waals surface area contributed by atoms with Crippen molar-refractivity contribution in [3.05, 3.63) is 52.8 Å². The van der Waals surface area contributed by atoms with Crippen molar-refractivity contribution in [1.29, 1.82) is 0 Å². The van der Waals surface area contributed by atoms with Crippen LogP contribution < -0.4 is 5.73 Å². The third-order valence-corrected chi connectivity index (χ3v) is 4.92. The number of nitrogens with zero attached hydrogens (tertiary/aromatic N) is 3. The summed E-state index contributed by atoms with van der Waals surface area (Å²) in [5.74, 6) is 0.724. The lowest BCUT2D eigenvalue weighted by atomic mass is 10.1. The molecular weight excluding hydrogens is 372 g/mol. The van der Waals surface area contributed by atoms with Gasteiger partial charge in [-0.25, -0.2) is 0 Å². The van der Waals surface area contributed by atoms with E-state index in [0.29, 0.717) is 32.0 Å². The maximum atomic E-state index is 12.8. The molecule has 0 unspecified atom stereocenters. The number of aryl methyl sites for hydroxylation is 1. The van der Waals surface area contributed by atoms with Crippen LogP contribution in [-0.2, 0) is 24.2 Å². The van der Waals surface area contributed by atoms with E-state index in [2.05, 4.69) is 42.7 Å². The quantitative estimate of drug-likeness (QED) is 0.656. The van der Waals surface area contributed by atoms with Crippen molar-refractivity contribution >= 4 is 18.3 Å². The Balaban J connectivity index is 0.00000392. The summed E-state index contributed by atoms with van der Waals surface area (Å²) >= 11 is 0. The van der Waals surface area contributed by atoms with Gasteiger partial charge in [-0.3, -0.25) is 9.48 Å². The van der Waals surface area contributed by atoms with Crippen molar-refractivity contribution < 1.29 is 4.79 Å². The van der Waals surface area contributed by atoms with Crippen LogP contribution in [0, 0.1) is 19.8 Å². The molecule has 0 atom stereocenters. The molecule has 2 N–H and O–H groups in total. The summed E-state index contributed by atoms with van der Waals surface area (Å²) in [6.45, 7) is 11.3. The lowest BCUT2D eigenvalue weighted by Crippen LogP contribution is -2.37. The number of nitrogens with two attached hydrogens (primary N) is 1. The second-order valence-corrected chi connectivity index (χ2v) is 7.63. The molecule has 0 aliphatic heterocycles. The molecule has 2 aromatic rings. The van der Waals surface area contributed by atoms with Crippen molar-refractivity contribution in [1.82, 2.24) is 14.7 Å². The largest absolute Gasteiger partial charge is 0.341 e. The van der Waals surface area contributed by atoms with Gasteiger partial charge in [0.15, 0.2) is 0 Å². The monoisotopic (exact) mass is 406 g/mol. The molecule has 0 bridgehead atoms. The highest BCUT2D eigenvalue weighted by Gasteiger charge is 2.17. The molecule has 1 amide bonds. The van der Waals surface area contributed by atoms with Gasteiger partial charge in [-0.05, 0) is 43.7 Å². The molecule has 0 aliphatic rings. The molecule has 0 saturated carbocycles. The van der Waals surface area contributed by atoms with Crippen LogP contribution in [-0.4, -0.2) is 40.2 Å². The Morgan fingerprint density at radius 1 is 1.14 bits per heavy atom. The van der Waals surface area contributed by atoms with Crippen LogP contribution in [0.3, 0.4) is 0 Å². The molecule has 156 valence electrons. The summed E-state index contributed by atoms with van der Waals surface area (Å²) < 4.78 is 2.08. The SMILES string of the molecule is Cc1nn(CC(C)C)c(C)c1CCC(=O)N(CCN)CCc1ccccc1.Cl. The Bertz CT molecular complexity index is 728. The maximum absolute atomic E-state index is 12.8. The average molecular weight is 407 g/mol. The number of benzene rings is 1. The predicted molar refractivity (Wildman–Crippen MR) is 118 cm³/mol. The van der Waals surface area contributed by atoms with Gasteiger partial charge < -0.3 is 10.6 Å². The standard InChI is InChI=1S/C22H34N4O.ClH/c1-17(2)16-26-19(4)21(18(3)24-26)10-11-22(27)25(15-13-23)14-12-20-8-6-5-7-9-20;/h5-9,17H,10-16,23H2,1-4H3;1H. The van der Waals surface area contributed by atoms with E-state index in [1.165, 1.54) is 16.8 Å². The summed E-state index contributed by atoms with van der Waals surface area (Å²) in [5.41, 5.74) is 10.4. The number of halogens is 1. The second kappa shape index (κ2) is 11.9. The summed E-state index contributed by atoms with van der Waals surface area (Å²) in [5, 5.41) is 4.66. The maximum Gasteiger partial charge on any atom is 0.222 e. The highest BCUT2D eigenvalue weighted by Crippen LogP contribution is 2.17. The van der Waals surface area contributed by atoms with Gasteiger partial charge in [0.2, 0.25) is 5.91 Å². The highest BCUT2D eigenvalue weighted by atomic mass is 35.5.